The van der Waals surface area contributed by atoms with Gasteiger partial charge in [-0.1, -0.05) is 38.9 Å². The summed E-state index contributed by atoms with van der Waals surface area (Å²) in [5.74, 6) is -0.374. The SMILES string of the molecule is CC[Si](CC)(CC)c1cc(Br)nc([C@](C)(O)CN)c1F.CSC.Cl.[B]. The first-order valence-electron chi connectivity index (χ1n) is 7.89. The maximum atomic E-state index is 14.9. The summed E-state index contributed by atoms with van der Waals surface area (Å²) in [5, 5.41) is 11.0. The smallest absolute Gasteiger partial charge is 0.147 e. The fraction of sp³-hybridized carbons (Fsp3) is 0.688. The Hall–Kier alpha value is 0.402. The zero-order valence-electron chi connectivity index (χ0n) is 16.0. The van der Waals surface area contributed by atoms with Crippen molar-refractivity contribution in [2.75, 3.05) is 19.1 Å². The van der Waals surface area contributed by atoms with Crippen LogP contribution in [0.1, 0.15) is 33.4 Å². The van der Waals surface area contributed by atoms with Gasteiger partial charge in [0.05, 0.1) is 8.07 Å². The molecular formula is C16H31BBrClFN2OSSi. The van der Waals surface area contributed by atoms with E-state index in [1.54, 1.807) is 17.8 Å². The van der Waals surface area contributed by atoms with E-state index in [-0.39, 0.29) is 38.9 Å². The molecule has 0 spiro atoms. The molecule has 9 heteroatoms. The highest BCUT2D eigenvalue weighted by Gasteiger charge is 2.37. The number of hydrogen-bond acceptors (Lipinski definition) is 4. The Morgan fingerprint density at radius 2 is 1.68 bits per heavy atom. The van der Waals surface area contributed by atoms with Gasteiger partial charge >= 0.3 is 0 Å². The maximum absolute atomic E-state index is 14.9. The molecule has 0 fully saturated rings. The molecule has 1 rings (SSSR count). The quantitative estimate of drug-likeness (QED) is 0.487. The van der Waals surface area contributed by atoms with E-state index in [2.05, 4.69) is 41.7 Å². The molecule has 0 saturated heterocycles. The number of nitrogens with two attached hydrogens (primary N) is 1. The Labute approximate surface area is 174 Å². The minimum Gasteiger partial charge on any atom is -0.382 e. The summed E-state index contributed by atoms with van der Waals surface area (Å²) in [5.41, 5.74) is 4.16. The van der Waals surface area contributed by atoms with Crippen molar-refractivity contribution in [3.05, 3.63) is 22.2 Å². The third-order valence-corrected chi connectivity index (χ3v) is 10.4. The topological polar surface area (TPSA) is 59.1 Å². The zero-order chi connectivity index (χ0) is 18.3. The van der Waals surface area contributed by atoms with Crippen molar-refractivity contribution < 1.29 is 9.50 Å². The van der Waals surface area contributed by atoms with Crippen LogP contribution < -0.4 is 10.9 Å². The van der Waals surface area contributed by atoms with Crippen molar-refractivity contribution in [1.82, 2.24) is 4.98 Å². The van der Waals surface area contributed by atoms with Crippen LogP contribution in [0.2, 0.25) is 18.1 Å². The van der Waals surface area contributed by atoms with Gasteiger partial charge in [0, 0.05) is 15.0 Å². The van der Waals surface area contributed by atoms with E-state index in [9.17, 15) is 9.50 Å². The molecule has 1 aromatic rings. The number of aromatic nitrogens is 1. The van der Waals surface area contributed by atoms with E-state index in [4.69, 9.17) is 5.73 Å². The molecule has 25 heavy (non-hydrogen) atoms. The second-order valence-electron chi connectivity index (χ2n) is 5.88. The minimum absolute atomic E-state index is 0. The molecular weight excluding hydrogens is 442 g/mol. The molecule has 145 valence electrons. The highest BCUT2D eigenvalue weighted by atomic mass is 79.9. The standard InChI is InChI=1S/C14H24BrFN2OSi.C2H6S.B.ClH/c1-5-20(6-2,7-3)10-8-11(15)18-13(12(10)16)14(4,19)9-17;1-3-2;;/h8,19H,5-7,9,17H2,1-4H3;1-2H3;;1H/t14-;;;/m1.../s1. The molecule has 0 aliphatic heterocycles. The predicted molar refractivity (Wildman–Crippen MR) is 120 cm³/mol. The average molecular weight is 473 g/mol. The van der Waals surface area contributed by atoms with Gasteiger partial charge in [0.2, 0.25) is 0 Å². The van der Waals surface area contributed by atoms with Gasteiger partial charge in [-0.2, -0.15) is 11.8 Å². The number of halogens is 3. The van der Waals surface area contributed by atoms with Crippen LogP contribution in [-0.2, 0) is 5.60 Å². The summed E-state index contributed by atoms with van der Waals surface area (Å²) < 4.78 is 15.5. The van der Waals surface area contributed by atoms with Crippen LogP contribution >= 0.6 is 40.1 Å². The molecule has 0 aliphatic carbocycles. The number of pyridine rings is 1. The second kappa shape index (κ2) is 13.6. The number of hydrogen-bond donors (Lipinski definition) is 2. The van der Waals surface area contributed by atoms with E-state index < -0.39 is 13.7 Å². The molecule has 0 amide bonds. The van der Waals surface area contributed by atoms with Crippen molar-refractivity contribution in [3.8, 4) is 0 Å². The van der Waals surface area contributed by atoms with E-state index in [1.807, 2.05) is 12.5 Å². The fourth-order valence-electron chi connectivity index (χ4n) is 2.66. The molecule has 0 aliphatic rings. The van der Waals surface area contributed by atoms with Crippen LogP contribution in [0.15, 0.2) is 10.7 Å². The van der Waals surface area contributed by atoms with Crippen LogP contribution in [0.5, 0.6) is 0 Å². The molecule has 1 heterocycles. The van der Waals surface area contributed by atoms with Crippen LogP contribution in [-0.4, -0.2) is 45.6 Å². The first kappa shape index (κ1) is 30.1. The lowest BCUT2D eigenvalue weighted by Crippen LogP contribution is -2.49. The molecule has 3 radical (unpaired) electrons. The van der Waals surface area contributed by atoms with Gasteiger partial charge in [-0.15, -0.1) is 12.4 Å². The molecule has 1 aromatic heterocycles. The Bertz CT molecular complexity index is 503. The first-order valence-corrected chi connectivity index (χ1v) is 12.9. The highest BCUT2D eigenvalue weighted by Crippen LogP contribution is 2.27. The van der Waals surface area contributed by atoms with Gasteiger partial charge in [-0.3, -0.25) is 0 Å². The summed E-state index contributed by atoms with van der Waals surface area (Å²) in [6, 6.07) is 4.70. The summed E-state index contributed by atoms with van der Waals surface area (Å²) >= 11 is 5.09. The first-order chi connectivity index (χ1) is 10.7. The summed E-state index contributed by atoms with van der Waals surface area (Å²) in [6.07, 6.45) is 4.08. The van der Waals surface area contributed by atoms with Crippen molar-refractivity contribution >= 4 is 61.8 Å². The van der Waals surface area contributed by atoms with Crippen LogP contribution in [0.25, 0.3) is 0 Å². The monoisotopic (exact) mass is 471 g/mol. The average Bonchev–Trinajstić information content (AvgIpc) is 2.53. The summed E-state index contributed by atoms with van der Waals surface area (Å²) in [6.45, 7) is 7.79. The van der Waals surface area contributed by atoms with E-state index in [1.165, 1.54) is 6.92 Å². The lowest BCUT2D eigenvalue weighted by atomic mass is 10.0. The van der Waals surface area contributed by atoms with Crippen molar-refractivity contribution in [2.24, 2.45) is 5.73 Å². The van der Waals surface area contributed by atoms with Gasteiger partial charge in [0.15, 0.2) is 0 Å². The lowest BCUT2D eigenvalue weighted by Gasteiger charge is -2.31. The number of aliphatic hydroxyl groups is 1. The Morgan fingerprint density at radius 3 is 2.00 bits per heavy atom. The van der Waals surface area contributed by atoms with E-state index >= 15 is 0 Å². The number of nitrogens with zero attached hydrogens (tertiary/aromatic N) is 1. The molecule has 0 aromatic carbocycles. The fourth-order valence-corrected chi connectivity index (χ4v) is 6.95. The van der Waals surface area contributed by atoms with Crippen molar-refractivity contribution in [3.63, 3.8) is 0 Å². The Balaban J connectivity index is -0.000000900. The van der Waals surface area contributed by atoms with Gasteiger partial charge in [-0.05, 0) is 46.6 Å². The third-order valence-electron chi connectivity index (χ3n) is 4.44. The predicted octanol–water partition coefficient (Wildman–Crippen LogP) is 3.89. The van der Waals surface area contributed by atoms with E-state index in [0.29, 0.717) is 4.60 Å². The van der Waals surface area contributed by atoms with Crippen molar-refractivity contribution in [2.45, 2.75) is 51.4 Å². The van der Waals surface area contributed by atoms with Gasteiger partial charge in [-0.25, -0.2) is 9.37 Å². The third kappa shape index (κ3) is 7.50. The zero-order valence-corrected chi connectivity index (χ0v) is 20.2. The Kier molecular flexibility index (Phi) is 16.3. The molecule has 0 bridgehead atoms. The van der Waals surface area contributed by atoms with Gasteiger partial charge < -0.3 is 10.8 Å². The second-order valence-corrected chi connectivity index (χ2v) is 12.7. The van der Waals surface area contributed by atoms with Crippen molar-refractivity contribution in [1.29, 1.82) is 0 Å². The highest BCUT2D eigenvalue weighted by molar-refractivity contribution is 9.10. The van der Waals surface area contributed by atoms with Gasteiger partial charge in [0.25, 0.3) is 0 Å². The Morgan fingerprint density at radius 1 is 1.28 bits per heavy atom. The number of rotatable bonds is 6. The molecule has 0 saturated carbocycles. The van der Waals surface area contributed by atoms with Crippen LogP contribution in [0.3, 0.4) is 0 Å². The normalized spacial score (nSPS) is 12.9. The largest absolute Gasteiger partial charge is 0.382 e. The van der Waals surface area contributed by atoms with Gasteiger partial charge in [0.1, 0.15) is 21.7 Å². The lowest BCUT2D eigenvalue weighted by molar-refractivity contribution is 0.0580. The molecule has 3 N–H and O–H groups in total. The minimum atomic E-state index is -1.89. The van der Waals surface area contributed by atoms with Crippen LogP contribution in [0, 0.1) is 5.82 Å². The van der Waals surface area contributed by atoms with E-state index in [0.717, 1.165) is 23.3 Å². The molecule has 1 atom stereocenters. The summed E-state index contributed by atoms with van der Waals surface area (Å²) in [7, 11) is -1.89. The van der Waals surface area contributed by atoms with Crippen LogP contribution in [0.4, 0.5) is 4.39 Å². The maximum Gasteiger partial charge on any atom is 0.147 e. The number of thioether (sulfide) groups is 1. The molecule has 3 nitrogen and oxygen atoms in total. The molecule has 0 unspecified atom stereocenters. The summed E-state index contributed by atoms with van der Waals surface area (Å²) in [4.78, 5) is 4.13.